The van der Waals surface area contributed by atoms with Gasteiger partial charge in [0.15, 0.2) is 0 Å². The van der Waals surface area contributed by atoms with Crippen LogP contribution in [0.1, 0.15) is 57.9 Å². The van der Waals surface area contributed by atoms with E-state index in [-0.39, 0.29) is 11.5 Å². The summed E-state index contributed by atoms with van der Waals surface area (Å²) in [5.74, 6) is -1.16. The number of hydrogen-bond donors (Lipinski definition) is 1. The van der Waals surface area contributed by atoms with E-state index in [4.69, 9.17) is 0 Å². The van der Waals surface area contributed by atoms with E-state index < -0.39 is 32.8 Å². The van der Waals surface area contributed by atoms with Crippen LogP contribution in [0.15, 0.2) is 24.3 Å². The third-order valence-corrected chi connectivity index (χ3v) is 4.23. The summed E-state index contributed by atoms with van der Waals surface area (Å²) in [5.41, 5.74) is -1.98. The number of nitrogens with zero attached hydrogens (tertiary/aromatic N) is 2. The van der Waals surface area contributed by atoms with Gasteiger partial charge in [0.05, 0.1) is 15.4 Å². The van der Waals surface area contributed by atoms with Gasteiger partial charge in [-0.25, -0.2) is 4.79 Å². The van der Waals surface area contributed by atoms with Crippen molar-refractivity contribution in [2.75, 3.05) is 0 Å². The predicted molar refractivity (Wildman–Crippen MR) is 97.9 cm³/mol. The molecule has 1 N–H and O–H groups in total. The lowest BCUT2D eigenvalue weighted by Crippen LogP contribution is -2.08. The molecule has 1 aromatic rings. The summed E-state index contributed by atoms with van der Waals surface area (Å²) in [7, 11) is 0. The molecular weight excluding hydrogens is 340 g/mol. The molecule has 8 nitrogen and oxygen atoms in total. The normalized spacial score (nSPS) is 12.6. The Morgan fingerprint density at radius 1 is 1.12 bits per heavy atom. The summed E-state index contributed by atoms with van der Waals surface area (Å²) in [6, 6.07) is 3.35. The van der Waals surface area contributed by atoms with Crippen LogP contribution in [-0.2, 0) is 4.79 Å². The number of carbonyl (C=O) groups is 1. The average molecular weight is 364 g/mol. The van der Waals surface area contributed by atoms with Crippen molar-refractivity contribution in [2.24, 2.45) is 5.92 Å². The lowest BCUT2D eigenvalue weighted by atomic mass is 9.91. The molecule has 0 fully saturated rings. The molecule has 1 unspecified atom stereocenters. The van der Waals surface area contributed by atoms with Crippen molar-refractivity contribution in [1.29, 1.82) is 0 Å². The maximum absolute atomic E-state index is 11.7. The first kappa shape index (κ1) is 21.3. The van der Waals surface area contributed by atoms with Crippen LogP contribution < -0.4 is 0 Å². The van der Waals surface area contributed by atoms with Crippen molar-refractivity contribution in [1.82, 2.24) is 0 Å². The Balaban J connectivity index is 3.38. The molecule has 26 heavy (non-hydrogen) atoms. The summed E-state index contributed by atoms with van der Waals surface area (Å²) in [6.07, 6.45) is 6.61. The highest BCUT2D eigenvalue weighted by Gasteiger charge is 2.30. The third kappa shape index (κ3) is 5.65. The molecule has 1 rings (SSSR count). The molecule has 0 saturated carbocycles. The zero-order valence-electron chi connectivity index (χ0n) is 15.0. The van der Waals surface area contributed by atoms with Crippen molar-refractivity contribution in [3.8, 4) is 0 Å². The fourth-order valence-corrected chi connectivity index (χ4v) is 2.97. The van der Waals surface area contributed by atoms with Crippen LogP contribution in [0.25, 0.3) is 5.57 Å². The highest BCUT2D eigenvalue weighted by atomic mass is 16.6. The monoisotopic (exact) mass is 364 g/mol. The molecule has 0 amide bonds. The SMILES string of the molecule is CCCCC(CC=C(C(=O)O)c1c([N+](=O)[O-])cccc1[N+](=O)[O-])CCC. The minimum absolute atomic E-state index is 0.246. The van der Waals surface area contributed by atoms with Crippen LogP contribution in [-0.4, -0.2) is 20.9 Å². The molecule has 0 aliphatic rings. The summed E-state index contributed by atoms with van der Waals surface area (Å²) in [6.45, 7) is 4.10. The molecular formula is C18H24N2O6. The molecule has 8 heteroatoms. The smallest absolute Gasteiger partial charge is 0.336 e. The number of carboxylic acids is 1. The summed E-state index contributed by atoms with van der Waals surface area (Å²) < 4.78 is 0. The Kier molecular flexibility index (Phi) is 8.41. The number of benzene rings is 1. The van der Waals surface area contributed by atoms with Crippen molar-refractivity contribution in [2.45, 2.75) is 52.4 Å². The fourth-order valence-electron chi connectivity index (χ4n) is 2.97. The molecule has 0 saturated heterocycles. The summed E-state index contributed by atoms with van der Waals surface area (Å²) in [4.78, 5) is 32.7. The number of rotatable bonds is 11. The van der Waals surface area contributed by atoms with E-state index in [0.29, 0.717) is 6.42 Å². The first-order chi connectivity index (χ1) is 12.3. The number of hydrogen-bond acceptors (Lipinski definition) is 5. The molecule has 0 radical (unpaired) electrons. The van der Waals surface area contributed by atoms with Crippen LogP contribution >= 0.6 is 0 Å². The van der Waals surface area contributed by atoms with Gasteiger partial charge in [-0.3, -0.25) is 20.2 Å². The van der Waals surface area contributed by atoms with Gasteiger partial charge in [-0.05, 0) is 18.4 Å². The first-order valence-corrected chi connectivity index (χ1v) is 8.69. The van der Waals surface area contributed by atoms with Gasteiger partial charge in [0.2, 0.25) is 0 Å². The summed E-state index contributed by atoms with van der Waals surface area (Å²) >= 11 is 0. The molecule has 0 aliphatic carbocycles. The van der Waals surface area contributed by atoms with Crippen molar-refractivity contribution in [3.63, 3.8) is 0 Å². The molecule has 1 atom stereocenters. The van der Waals surface area contributed by atoms with E-state index in [2.05, 4.69) is 6.92 Å². The fraction of sp³-hybridized carbons (Fsp3) is 0.500. The van der Waals surface area contributed by atoms with Crippen LogP contribution in [0.4, 0.5) is 11.4 Å². The van der Waals surface area contributed by atoms with Gasteiger partial charge in [0, 0.05) is 12.1 Å². The van der Waals surface area contributed by atoms with Gasteiger partial charge in [0.1, 0.15) is 5.56 Å². The number of unbranched alkanes of at least 4 members (excludes halogenated alkanes) is 1. The lowest BCUT2D eigenvalue weighted by Gasteiger charge is -2.14. The largest absolute Gasteiger partial charge is 0.478 e. The van der Waals surface area contributed by atoms with Crippen molar-refractivity contribution >= 4 is 22.9 Å². The zero-order valence-corrected chi connectivity index (χ0v) is 15.0. The van der Waals surface area contributed by atoms with Crippen LogP contribution in [0.2, 0.25) is 0 Å². The van der Waals surface area contributed by atoms with Crippen molar-refractivity contribution in [3.05, 3.63) is 50.1 Å². The first-order valence-electron chi connectivity index (χ1n) is 8.69. The molecule has 0 bridgehead atoms. The topological polar surface area (TPSA) is 124 Å². The van der Waals surface area contributed by atoms with Gasteiger partial charge in [0.25, 0.3) is 11.4 Å². The van der Waals surface area contributed by atoms with Crippen LogP contribution in [0.3, 0.4) is 0 Å². The van der Waals surface area contributed by atoms with Crippen LogP contribution in [0.5, 0.6) is 0 Å². The molecule has 142 valence electrons. The minimum Gasteiger partial charge on any atom is -0.478 e. The van der Waals surface area contributed by atoms with Gasteiger partial charge < -0.3 is 5.11 Å². The van der Waals surface area contributed by atoms with Crippen molar-refractivity contribution < 1.29 is 19.7 Å². The van der Waals surface area contributed by atoms with Gasteiger partial charge in [-0.15, -0.1) is 0 Å². The maximum atomic E-state index is 11.7. The molecule has 0 spiro atoms. The predicted octanol–water partition coefficient (Wildman–Crippen LogP) is 4.97. The Morgan fingerprint density at radius 2 is 1.69 bits per heavy atom. The van der Waals surface area contributed by atoms with E-state index in [1.807, 2.05) is 6.92 Å². The second kappa shape index (κ2) is 10.3. The molecule has 0 aliphatic heterocycles. The van der Waals surface area contributed by atoms with E-state index in [9.17, 15) is 30.1 Å². The number of carboxylic acid groups (broad SMARTS) is 1. The standard InChI is InChI=1S/C18H24N2O6/c1-3-5-8-13(7-4-2)11-12-14(18(21)22)17-15(19(23)24)9-6-10-16(17)20(25)26/h6,9-10,12-13H,3-5,7-8,11H2,1-2H3,(H,21,22). The Morgan fingerprint density at radius 3 is 2.12 bits per heavy atom. The second-order valence-electron chi connectivity index (χ2n) is 6.14. The van der Waals surface area contributed by atoms with E-state index in [1.54, 1.807) is 0 Å². The number of nitro benzene ring substituents is 2. The highest BCUT2D eigenvalue weighted by molar-refractivity contribution is 6.18. The van der Waals surface area contributed by atoms with E-state index in [1.165, 1.54) is 12.1 Å². The molecule has 0 heterocycles. The summed E-state index contributed by atoms with van der Waals surface area (Å²) in [5, 5.41) is 32.1. The third-order valence-electron chi connectivity index (χ3n) is 4.23. The Labute approximate surface area is 151 Å². The second-order valence-corrected chi connectivity index (χ2v) is 6.14. The molecule has 0 aromatic heterocycles. The van der Waals surface area contributed by atoms with E-state index >= 15 is 0 Å². The number of aliphatic carboxylic acids is 1. The highest BCUT2D eigenvalue weighted by Crippen LogP contribution is 2.35. The van der Waals surface area contributed by atoms with E-state index in [0.717, 1.165) is 44.2 Å². The van der Waals surface area contributed by atoms with Crippen LogP contribution in [0, 0.1) is 26.1 Å². The maximum Gasteiger partial charge on any atom is 0.336 e. The quantitative estimate of drug-likeness (QED) is 0.336. The van der Waals surface area contributed by atoms with Gasteiger partial charge in [-0.2, -0.15) is 0 Å². The minimum atomic E-state index is -1.41. The Bertz CT molecular complexity index is 667. The number of nitro groups is 2. The molecule has 1 aromatic carbocycles. The van der Waals surface area contributed by atoms with Gasteiger partial charge >= 0.3 is 5.97 Å². The zero-order chi connectivity index (χ0) is 19.7. The average Bonchev–Trinajstić information content (AvgIpc) is 2.59. The Hall–Kier alpha value is -2.77. The lowest BCUT2D eigenvalue weighted by molar-refractivity contribution is -0.394. The number of allylic oxidation sites excluding steroid dienone is 1. The van der Waals surface area contributed by atoms with Gasteiger partial charge in [-0.1, -0.05) is 52.0 Å².